The SMILES string of the molecule is Cc1cc(S(=O)(=O)C(C)C)ccc1Nc1ncc(C(F)(F)F)c(C2CCCCC2)n1. The lowest BCUT2D eigenvalue weighted by Crippen LogP contribution is -2.18. The minimum absolute atomic E-state index is 0.0383. The van der Waals surface area contributed by atoms with Crippen LogP contribution in [0.3, 0.4) is 0 Å². The fourth-order valence-electron chi connectivity index (χ4n) is 3.71. The summed E-state index contributed by atoms with van der Waals surface area (Å²) in [5.41, 5.74) is 0.443. The van der Waals surface area contributed by atoms with Gasteiger partial charge in [0.15, 0.2) is 9.84 Å². The molecule has 0 aliphatic heterocycles. The van der Waals surface area contributed by atoms with Crippen LogP contribution in [-0.2, 0) is 16.0 Å². The van der Waals surface area contributed by atoms with Crippen LogP contribution in [0.5, 0.6) is 0 Å². The monoisotopic (exact) mass is 441 g/mol. The number of aryl methyl sites for hydroxylation is 1. The summed E-state index contributed by atoms with van der Waals surface area (Å²) in [5.74, 6) is -0.162. The minimum Gasteiger partial charge on any atom is -0.324 e. The van der Waals surface area contributed by atoms with Crippen LogP contribution in [-0.4, -0.2) is 23.6 Å². The van der Waals surface area contributed by atoms with Crippen LogP contribution < -0.4 is 5.32 Å². The third kappa shape index (κ3) is 4.77. The second-order valence-corrected chi connectivity index (χ2v) is 10.5. The standard InChI is InChI=1S/C21H26F3N3O2S/c1-13(2)30(28,29)16-9-10-18(14(3)11-16)26-20-25-12-17(21(22,23)24)19(27-20)15-7-5-4-6-8-15/h9-13,15H,4-8H2,1-3H3,(H,25,26,27). The highest BCUT2D eigenvalue weighted by Crippen LogP contribution is 2.40. The molecule has 1 aromatic heterocycles. The van der Waals surface area contributed by atoms with E-state index in [2.05, 4.69) is 15.3 Å². The molecule has 0 unspecified atom stereocenters. The quantitative estimate of drug-likeness (QED) is 0.637. The van der Waals surface area contributed by atoms with Gasteiger partial charge in [0.25, 0.3) is 0 Å². The first-order chi connectivity index (χ1) is 14.0. The number of halogens is 3. The van der Waals surface area contributed by atoms with E-state index in [1.54, 1.807) is 32.9 Å². The molecule has 1 fully saturated rings. The summed E-state index contributed by atoms with van der Waals surface area (Å²) in [7, 11) is -3.42. The predicted octanol–water partition coefficient (Wildman–Crippen LogP) is 5.78. The van der Waals surface area contributed by atoms with Crippen LogP contribution in [0.4, 0.5) is 24.8 Å². The Morgan fingerprint density at radius 2 is 1.80 bits per heavy atom. The molecule has 1 saturated carbocycles. The van der Waals surface area contributed by atoms with Gasteiger partial charge in [-0.1, -0.05) is 19.3 Å². The molecule has 2 aromatic rings. The molecule has 1 aliphatic carbocycles. The zero-order valence-corrected chi connectivity index (χ0v) is 18.1. The van der Waals surface area contributed by atoms with Crippen LogP contribution in [0.2, 0.25) is 0 Å². The lowest BCUT2D eigenvalue weighted by Gasteiger charge is -2.24. The fourth-order valence-corrected chi connectivity index (χ4v) is 4.85. The number of sulfone groups is 1. The molecule has 0 radical (unpaired) electrons. The molecule has 0 saturated heterocycles. The topological polar surface area (TPSA) is 72.0 Å². The Labute approximate surface area is 175 Å². The second-order valence-electron chi connectivity index (χ2n) is 8.02. The maximum Gasteiger partial charge on any atom is 0.419 e. The van der Waals surface area contributed by atoms with Crippen molar-refractivity contribution in [3.05, 3.63) is 41.2 Å². The molecular weight excluding hydrogens is 415 g/mol. The molecule has 0 amide bonds. The molecular formula is C21H26F3N3O2S. The normalized spacial score (nSPS) is 16.1. The average molecular weight is 442 g/mol. The van der Waals surface area contributed by atoms with E-state index in [4.69, 9.17) is 0 Å². The Balaban J connectivity index is 1.93. The first-order valence-electron chi connectivity index (χ1n) is 10.1. The second kappa shape index (κ2) is 8.53. The summed E-state index contributed by atoms with van der Waals surface area (Å²) in [4.78, 5) is 8.32. The summed E-state index contributed by atoms with van der Waals surface area (Å²) < 4.78 is 65.2. The van der Waals surface area contributed by atoms with Crippen LogP contribution in [0.25, 0.3) is 0 Å². The molecule has 1 heterocycles. The van der Waals surface area contributed by atoms with E-state index in [1.165, 1.54) is 6.07 Å². The fraction of sp³-hybridized carbons (Fsp3) is 0.524. The van der Waals surface area contributed by atoms with E-state index in [1.807, 2.05) is 0 Å². The third-order valence-electron chi connectivity index (χ3n) is 5.51. The number of hydrogen-bond donors (Lipinski definition) is 1. The van der Waals surface area contributed by atoms with Gasteiger partial charge in [0.05, 0.1) is 21.4 Å². The molecule has 1 aromatic carbocycles. The highest BCUT2D eigenvalue weighted by Gasteiger charge is 2.37. The van der Waals surface area contributed by atoms with Gasteiger partial charge in [-0.25, -0.2) is 18.4 Å². The number of nitrogens with zero attached hydrogens (tertiary/aromatic N) is 2. The first kappa shape index (κ1) is 22.5. The number of nitrogens with one attached hydrogen (secondary N) is 1. The Bertz CT molecular complexity index is 1010. The molecule has 1 aliphatic rings. The van der Waals surface area contributed by atoms with E-state index in [0.717, 1.165) is 25.5 Å². The number of anilines is 2. The Morgan fingerprint density at radius 1 is 1.13 bits per heavy atom. The Morgan fingerprint density at radius 3 is 2.37 bits per heavy atom. The van der Waals surface area contributed by atoms with Gasteiger partial charge in [-0.2, -0.15) is 13.2 Å². The van der Waals surface area contributed by atoms with Crippen LogP contribution in [0, 0.1) is 6.92 Å². The third-order valence-corrected chi connectivity index (χ3v) is 7.66. The highest BCUT2D eigenvalue weighted by atomic mass is 32.2. The molecule has 3 rings (SSSR count). The van der Waals surface area contributed by atoms with Crippen molar-refractivity contribution in [3.63, 3.8) is 0 Å². The molecule has 1 N–H and O–H groups in total. The average Bonchev–Trinajstić information content (AvgIpc) is 2.69. The van der Waals surface area contributed by atoms with Gasteiger partial charge in [-0.15, -0.1) is 0 Å². The van der Waals surface area contributed by atoms with Crippen molar-refractivity contribution in [2.24, 2.45) is 0 Å². The van der Waals surface area contributed by atoms with Crippen molar-refractivity contribution in [2.45, 2.75) is 75.1 Å². The summed E-state index contributed by atoms with van der Waals surface area (Å²) in [6.45, 7) is 4.95. The Kier molecular flexibility index (Phi) is 6.40. The highest BCUT2D eigenvalue weighted by molar-refractivity contribution is 7.92. The van der Waals surface area contributed by atoms with Crippen molar-refractivity contribution in [3.8, 4) is 0 Å². The van der Waals surface area contributed by atoms with Gasteiger partial charge in [0, 0.05) is 17.8 Å². The summed E-state index contributed by atoms with van der Waals surface area (Å²) in [6, 6.07) is 4.62. The van der Waals surface area contributed by atoms with E-state index < -0.39 is 26.8 Å². The molecule has 5 nitrogen and oxygen atoms in total. The molecule has 9 heteroatoms. The predicted molar refractivity (Wildman–Crippen MR) is 110 cm³/mol. The van der Waals surface area contributed by atoms with Crippen LogP contribution in [0.15, 0.2) is 29.3 Å². The van der Waals surface area contributed by atoms with Crippen molar-refractivity contribution >= 4 is 21.5 Å². The van der Waals surface area contributed by atoms with Gasteiger partial charge in [0.1, 0.15) is 0 Å². The van der Waals surface area contributed by atoms with Gasteiger partial charge in [-0.3, -0.25) is 0 Å². The number of rotatable bonds is 5. The number of hydrogen-bond acceptors (Lipinski definition) is 5. The lowest BCUT2D eigenvalue weighted by molar-refractivity contribution is -0.139. The molecule has 0 bridgehead atoms. The van der Waals surface area contributed by atoms with Crippen LogP contribution >= 0.6 is 0 Å². The van der Waals surface area contributed by atoms with Gasteiger partial charge in [-0.05, 0) is 57.4 Å². The largest absolute Gasteiger partial charge is 0.419 e. The van der Waals surface area contributed by atoms with Gasteiger partial charge < -0.3 is 5.32 Å². The summed E-state index contributed by atoms with van der Waals surface area (Å²) in [6.07, 6.45) is 0.499. The van der Waals surface area contributed by atoms with E-state index in [9.17, 15) is 21.6 Å². The number of aromatic nitrogens is 2. The summed E-state index contributed by atoms with van der Waals surface area (Å²) in [5, 5.41) is 2.40. The van der Waals surface area contributed by atoms with Gasteiger partial charge in [0.2, 0.25) is 5.95 Å². The molecule has 0 spiro atoms. The van der Waals surface area contributed by atoms with E-state index in [0.29, 0.717) is 24.1 Å². The summed E-state index contributed by atoms with van der Waals surface area (Å²) >= 11 is 0. The maximum atomic E-state index is 13.5. The lowest BCUT2D eigenvalue weighted by atomic mass is 9.85. The van der Waals surface area contributed by atoms with Gasteiger partial charge >= 0.3 is 6.18 Å². The van der Waals surface area contributed by atoms with Crippen molar-refractivity contribution < 1.29 is 21.6 Å². The smallest absolute Gasteiger partial charge is 0.324 e. The van der Waals surface area contributed by atoms with Crippen molar-refractivity contribution in [1.29, 1.82) is 0 Å². The first-order valence-corrected chi connectivity index (χ1v) is 11.6. The van der Waals surface area contributed by atoms with Crippen molar-refractivity contribution in [2.75, 3.05) is 5.32 Å². The van der Waals surface area contributed by atoms with E-state index >= 15 is 0 Å². The maximum absolute atomic E-state index is 13.5. The van der Waals surface area contributed by atoms with Crippen molar-refractivity contribution in [1.82, 2.24) is 9.97 Å². The number of benzene rings is 1. The molecule has 30 heavy (non-hydrogen) atoms. The zero-order chi connectivity index (χ0) is 22.1. The van der Waals surface area contributed by atoms with E-state index in [-0.39, 0.29) is 22.5 Å². The minimum atomic E-state index is -4.51. The van der Waals surface area contributed by atoms with Crippen LogP contribution in [0.1, 0.15) is 68.7 Å². The zero-order valence-electron chi connectivity index (χ0n) is 17.3. The molecule has 164 valence electrons. The molecule has 0 atom stereocenters. The Hall–Kier alpha value is -2.16. The number of alkyl halides is 3.